The van der Waals surface area contributed by atoms with Crippen LogP contribution in [0.15, 0.2) is 125 Å². The van der Waals surface area contributed by atoms with Crippen molar-refractivity contribution in [2.24, 2.45) is 0 Å². The zero-order chi connectivity index (χ0) is 29.3. The summed E-state index contributed by atoms with van der Waals surface area (Å²) in [6, 6.07) is 32.8. The molecule has 0 spiro atoms. The van der Waals surface area contributed by atoms with Crippen LogP contribution in [-0.2, 0) is 0 Å². The minimum absolute atomic E-state index is 0.423. The highest BCUT2D eigenvalue weighted by atomic mass is 32.2. The van der Waals surface area contributed by atoms with Crippen LogP contribution in [0.25, 0.3) is 0 Å². The van der Waals surface area contributed by atoms with Gasteiger partial charge in [-0.05, 0) is 81.0 Å². The molecular formula is C36H38N4S4. The van der Waals surface area contributed by atoms with Crippen molar-refractivity contribution >= 4 is 64.1 Å². The molecule has 0 aromatic heterocycles. The lowest BCUT2D eigenvalue weighted by atomic mass is 10.1. The molecule has 3 aromatic carbocycles. The van der Waals surface area contributed by atoms with E-state index >= 15 is 0 Å². The number of hydrogen-bond acceptors (Lipinski definition) is 8. The second-order valence-corrected chi connectivity index (χ2v) is 16.9. The summed E-state index contributed by atoms with van der Waals surface area (Å²) in [7, 11) is 0. The first-order chi connectivity index (χ1) is 21.8. The number of anilines is 3. The smallest absolute Gasteiger partial charge is 0.102 e. The van der Waals surface area contributed by atoms with Crippen LogP contribution in [0.1, 0.15) is 38.5 Å². The fourth-order valence-corrected chi connectivity index (χ4v) is 13.2. The Morgan fingerprint density at radius 3 is 1.50 bits per heavy atom. The van der Waals surface area contributed by atoms with Crippen LogP contribution in [0.3, 0.4) is 0 Å². The summed E-state index contributed by atoms with van der Waals surface area (Å²) in [6.07, 6.45) is 14.2. The quantitative estimate of drug-likeness (QED) is 0.249. The number of thioether (sulfide) groups is 4. The average molecular weight is 655 g/mol. The monoisotopic (exact) mass is 654 g/mol. The summed E-state index contributed by atoms with van der Waals surface area (Å²) < 4.78 is 0. The summed E-state index contributed by atoms with van der Waals surface area (Å²) in [5.74, 6) is 0. The molecule has 6 unspecified atom stereocenters. The van der Waals surface area contributed by atoms with Crippen molar-refractivity contribution in [2.45, 2.75) is 70.5 Å². The molecule has 0 bridgehead atoms. The molecule has 0 amide bonds. The van der Waals surface area contributed by atoms with E-state index in [9.17, 15) is 0 Å². The molecule has 2 fully saturated rings. The Morgan fingerprint density at radius 1 is 0.545 bits per heavy atom. The fraction of sp³-hybridized carbons (Fsp3) is 0.333. The number of nitrogens with zero attached hydrogens (tertiary/aromatic N) is 2. The molecule has 8 rings (SSSR count). The van der Waals surface area contributed by atoms with Gasteiger partial charge in [0.2, 0.25) is 0 Å². The highest BCUT2D eigenvalue weighted by Gasteiger charge is 2.45. The summed E-state index contributed by atoms with van der Waals surface area (Å²) >= 11 is 8.38. The van der Waals surface area contributed by atoms with Crippen LogP contribution in [0.2, 0.25) is 0 Å². The molecule has 5 aliphatic rings. The Labute approximate surface area is 278 Å². The molecule has 44 heavy (non-hydrogen) atoms. The highest BCUT2D eigenvalue weighted by Crippen LogP contribution is 2.52. The van der Waals surface area contributed by atoms with Gasteiger partial charge in [0.15, 0.2) is 0 Å². The van der Waals surface area contributed by atoms with E-state index in [0.29, 0.717) is 32.0 Å². The maximum Gasteiger partial charge on any atom is 0.102 e. The molecule has 3 aromatic rings. The molecular weight excluding hydrogens is 617 g/mol. The minimum atomic E-state index is 0.423. The molecule has 4 nitrogen and oxygen atoms in total. The Morgan fingerprint density at radius 2 is 1.02 bits per heavy atom. The topological polar surface area (TPSA) is 30.5 Å². The number of nitrogens with one attached hydrogen (secondary N) is 2. The zero-order valence-electron chi connectivity index (χ0n) is 24.6. The molecule has 0 radical (unpaired) electrons. The molecule has 1 aliphatic carbocycles. The first-order valence-corrected chi connectivity index (χ1v) is 19.5. The normalized spacial score (nSPS) is 29.2. The molecule has 2 N–H and O–H groups in total. The predicted octanol–water partition coefficient (Wildman–Crippen LogP) is 9.46. The fourth-order valence-electron chi connectivity index (χ4n) is 6.84. The van der Waals surface area contributed by atoms with Gasteiger partial charge in [-0.3, -0.25) is 0 Å². The van der Waals surface area contributed by atoms with Crippen LogP contribution in [0.5, 0.6) is 0 Å². The van der Waals surface area contributed by atoms with Gasteiger partial charge in [-0.15, -0.1) is 23.5 Å². The van der Waals surface area contributed by atoms with Crippen molar-refractivity contribution < 1.29 is 0 Å². The number of allylic oxidation sites excluding steroid dienone is 3. The minimum Gasteiger partial charge on any atom is -0.364 e. The zero-order valence-corrected chi connectivity index (χ0v) is 27.9. The van der Waals surface area contributed by atoms with E-state index < -0.39 is 0 Å². The molecule has 0 saturated carbocycles. The van der Waals surface area contributed by atoms with Crippen molar-refractivity contribution in [3.05, 3.63) is 125 Å². The Kier molecular flexibility index (Phi) is 8.59. The molecule has 226 valence electrons. The summed E-state index contributed by atoms with van der Waals surface area (Å²) in [4.78, 5) is 5.13. The van der Waals surface area contributed by atoms with Gasteiger partial charge >= 0.3 is 0 Å². The summed E-state index contributed by atoms with van der Waals surface area (Å²) in [5.41, 5.74) is 5.22. The van der Waals surface area contributed by atoms with Crippen molar-refractivity contribution in [3.63, 3.8) is 0 Å². The molecule has 6 atom stereocenters. The predicted molar refractivity (Wildman–Crippen MR) is 195 cm³/mol. The second kappa shape index (κ2) is 13.1. The van der Waals surface area contributed by atoms with E-state index in [-0.39, 0.29) is 0 Å². The van der Waals surface area contributed by atoms with Crippen molar-refractivity contribution in [1.82, 2.24) is 10.6 Å². The van der Waals surface area contributed by atoms with E-state index in [0.717, 1.165) is 12.8 Å². The first-order valence-electron chi connectivity index (χ1n) is 15.8. The molecule has 4 heterocycles. The molecule has 4 aliphatic heterocycles. The first kappa shape index (κ1) is 28.9. The molecule has 2 saturated heterocycles. The van der Waals surface area contributed by atoms with Gasteiger partial charge < -0.3 is 20.4 Å². The third-order valence-electron chi connectivity index (χ3n) is 8.91. The lowest BCUT2D eigenvalue weighted by Crippen LogP contribution is -2.35. The van der Waals surface area contributed by atoms with Gasteiger partial charge in [0.05, 0.1) is 21.5 Å². The highest BCUT2D eigenvalue weighted by molar-refractivity contribution is 8.10. The number of hydrogen-bond donors (Lipinski definition) is 2. The Balaban J connectivity index is 0.892. The maximum atomic E-state index is 3.97. The van der Waals surface area contributed by atoms with E-state index in [1.165, 1.54) is 58.5 Å². The van der Waals surface area contributed by atoms with Gasteiger partial charge in [-0.2, -0.15) is 0 Å². The second-order valence-electron chi connectivity index (χ2n) is 11.8. The number of benzene rings is 3. The van der Waals surface area contributed by atoms with Crippen molar-refractivity contribution in [1.29, 1.82) is 0 Å². The van der Waals surface area contributed by atoms with Crippen LogP contribution >= 0.6 is 47.0 Å². The van der Waals surface area contributed by atoms with Gasteiger partial charge in [0.1, 0.15) is 10.1 Å². The van der Waals surface area contributed by atoms with E-state index in [1.54, 1.807) is 0 Å². The van der Waals surface area contributed by atoms with Gasteiger partial charge in [0.25, 0.3) is 0 Å². The largest absolute Gasteiger partial charge is 0.364 e. The van der Waals surface area contributed by atoms with Crippen molar-refractivity contribution in [2.75, 3.05) is 9.80 Å². The molecule has 8 heteroatoms. The summed E-state index contributed by atoms with van der Waals surface area (Å²) in [5, 5.41) is 13.6. The third-order valence-corrected chi connectivity index (χ3v) is 15.1. The third kappa shape index (κ3) is 5.91. The Hall–Kier alpha value is -2.52. The van der Waals surface area contributed by atoms with Crippen LogP contribution in [0, 0.1) is 0 Å². The Bertz CT molecular complexity index is 1470. The van der Waals surface area contributed by atoms with Gasteiger partial charge in [0, 0.05) is 33.3 Å². The lowest BCUT2D eigenvalue weighted by molar-refractivity contribution is 0.664. The standard InChI is InChI=1S/C36H38N4S4/c1-5-13-25(14-6-1)39(26-15-7-2-8-16-26)31-23-21-29(41-31)33-37-35-36(43-33)38-34(44-35)30-22-24-32(42-30)40(27-17-9-3-10-18-27)28-19-11-4-12-20-28/h1-3,5-11,13-20,29-34,37-38H,4,12,21-24H2. The van der Waals surface area contributed by atoms with E-state index in [1.807, 2.05) is 23.5 Å². The lowest BCUT2D eigenvalue weighted by Gasteiger charge is -2.33. The number of rotatable bonds is 8. The average Bonchev–Trinajstić information content (AvgIpc) is 3.88. The van der Waals surface area contributed by atoms with Gasteiger partial charge in [-0.25, -0.2) is 0 Å². The van der Waals surface area contributed by atoms with Gasteiger partial charge in [-0.1, -0.05) is 90.3 Å². The van der Waals surface area contributed by atoms with E-state index in [2.05, 4.69) is 153 Å². The van der Waals surface area contributed by atoms with Crippen LogP contribution in [-0.4, -0.2) is 32.0 Å². The number of para-hydroxylation sites is 3. The van der Waals surface area contributed by atoms with E-state index in [4.69, 9.17) is 0 Å². The van der Waals surface area contributed by atoms with Crippen molar-refractivity contribution in [3.8, 4) is 0 Å². The van der Waals surface area contributed by atoms with Crippen LogP contribution in [0.4, 0.5) is 17.1 Å². The summed E-state index contributed by atoms with van der Waals surface area (Å²) in [6.45, 7) is 0. The maximum absolute atomic E-state index is 3.97. The van der Waals surface area contributed by atoms with Crippen LogP contribution < -0.4 is 20.4 Å². The SMILES string of the molecule is C1=CC(N(c2ccccc2)C2CCC(C3NC4=C(NC(C5CCC(N(c6ccccc6)c6ccccc6)S5)S4)S3)S2)=CCC1.